The largest absolute Gasteiger partial charge is 0.387 e. The molecule has 2 rings (SSSR count). The van der Waals surface area contributed by atoms with Crippen LogP contribution in [0.3, 0.4) is 0 Å². The van der Waals surface area contributed by atoms with Gasteiger partial charge in [-0.25, -0.2) is 0 Å². The molecule has 2 atom stereocenters. The van der Waals surface area contributed by atoms with Gasteiger partial charge in [0.25, 0.3) is 0 Å². The molecule has 1 N–H and O–H groups in total. The van der Waals surface area contributed by atoms with Gasteiger partial charge in [-0.05, 0) is 12.8 Å². The smallest absolute Gasteiger partial charge is 0.0948 e. The van der Waals surface area contributed by atoms with Gasteiger partial charge in [-0.2, -0.15) is 0 Å². The Morgan fingerprint density at radius 1 is 1.69 bits per heavy atom. The standard InChI is InChI=1S/C9H13NO2S/c11-9(8-4-10-6-13-8)7-2-1-3-12-5-7/h4,6-7,9,11H,1-3,5H2. The van der Waals surface area contributed by atoms with Gasteiger partial charge in [-0.15, -0.1) is 11.3 Å². The molecular formula is C9H13NO2S. The van der Waals surface area contributed by atoms with E-state index in [0.29, 0.717) is 6.61 Å². The molecule has 1 aliphatic rings. The lowest BCUT2D eigenvalue weighted by Gasteiger charge is -2.25. The topological polar surface area (TPSA) is 42.4 Å². The third-order valence-electron chi connectivity index (χ3n) is 2.38. The summed E-state index contributed by atoms with van der Waals surface area (Å²) >= 11 is 1.51. The fourth-order valence-corrected chi connectivity index (χ4v) is 2.32. The number of aliphatic hydroxyl groups excluding tert-OH is 1. The number of hydrogen-bond acceptors (Lipinski definition) is 4. The number of aromatic nitrogens is 1. The van der Waals surface area contributed by atoms with Crippen LogP contribution in [0.25, 0.3) is 0 Å². The van der Waals surface area contributed by atoms with Crippen molar-refractivity contribution in [2.45, 2.75) is 18.9 Å². The highest BCUT2D eigenvalue weighted by atomic mass is 32.1. The molecule has 1 aliphatic heterocycles. The Labute approximate surface area is 81.4 Å². The van der Waals surface area contributed by atoms with E-state index in [9.17, 15) is 5.11 Å². The molecule has 2 unspecified atom stereocenters. The molecule has 13 heavy (non-hydrogen) atoms. The van der Waals surface area contributed by atoms with Gasteiger partial charge in [-0.1, -0.05) is 0 Å². The molecule has 2 heterocycles. The summed E-state index contributed by atoms with van der Waals surface area (Å²) in [7, 11) is 0. The number of thiazole rings is 1. The highest BCUT2D eigenvalue weighted by Crippen LogP contribution is 2.30. The van der Waals surface area contributed by atoms with E-state index >= 15 is 0 Å². The van der Waals surface area contributed by atoms with Gasteiger partial charge in [0.05, 0.1) is 23.1 Å². The van der Waals surface area contributed by atoms with Crippen LogP contribution in [-0.4, -0.2) is 23.3 Å². The lowest BCUT2D eigenvalue weighted by molar-refractivity contribution is -0.00869. The molecule has 0 aromatic carbocycles. The quantitative estimate of drug-likeness (QED) is 0.786. The van der Waals surface area contributed by atoms with Crippen LogP contribution in [0.1, 0.15) is 23.8 Å². The van der Waals surface area contributed by atoms with Gasteiger partial charge in [-0.3, -0.25) is 4.98 Å². The number of aliphatic hydroxyl groups is 1. The van der Waals surface area contributed by atoms with Crippen molar-refractivity contribution < 1.29 is 9.84 Å². The molecule has 1 fully saturated rings. The Morgan fingerprint density at radius 3 is 3.23 bits per heavy atom. The fraction of sp³-hybridized carbons (Fsp3) is 0.667. The first-order valence-electron chi connectivity index (χ1n) is 4.52. The minimum Gasteiger partial charge on any atom is -0.387 e. The lowest BCUT2D eigenvalue weighted by atomic mass is 9.95. The molecule has 1 saturated heterocycles. The van der Waals surface area contributed by atoms with E-state index in [2.05, 4.69) is 4.98 Å². The molecule has 0 spiro atoms. The summed E-state index contributed by atoms with van der Waals surface area (Å²) < 4.78 is 5.33. The Morgan fingerprint density at radius 2 is 2.62 bits per heavy atom. The minimum atomic E-state index is -0.382. The average Bonchev–Trinajstić information content (AvgIpc) is 2.71. The highest BCUT2D eigenvalue weighted by Gasteiger charge is 2.24. The van der Waals surface area contributed by atoms with Crippen LogP contribution in [0.15, 0.2) is 11.7 Å². The van der Waals surface area contributed by atoms with Crippen LogP contribution < -0.4 is 0 Å². The third-order valence-corrected chi connectivity index (χ3v) is 3.23. The van der Waals surface area contributed by atoms with Crippen molar-refractivity contribution in [1.29, 1.82) is 0 Å². The maximum atomic E-state index is 9.92. The lowest BCUT2D eigenvalue weighted by Crippen LogP contribution is -2.23. The van der Waals surface area contributed by atoms with Crippen molar-refractivity contribution in [1.82, 2.24) is 4.98 Å². The first-order valence-corrected chi connectivity index (χ1v) is 5.40. The molecule has 0 radical (unpaired) electrons. The van der Waals surface area contributed by atoms with Crippen LogP contribution in [-0.2, 0) is 4.74 Å². The number of ether oxygens (including phenoxy) is 1. The van der Waals surface area contributed by atoms with Crippen molar-refractivity contribution in [3.8, 4) is 0 Å². The molecule has 3 nitrogen and oxygen atoms in total. The van der Waals surface area contributed by atoms with Gasteiger partial charge in [0.1, 0.15) is 0 Å². The van der Waals surface area contributed by atoms with E-state index < -0.39 is 0 Å². The summed E-state index contributed by atoms with van der Waals surface area (Å²) in [5, 5.41) is 9.92. The average molecular weight is 199 g/mol. The maximum absolute atomic E-state index is 9.92. The first-order chi connectivity index (χ1) is 6.38. The van der Waals surface area contributed by atoms with Crippen molar-refractivity contribution in [2.24, 2.45) is 5.92 Å². The summed E-state index contributed by atoms with van der Waals surface area (Å²) in [5.74, 6) is 0.259. The summed E-state index contributed by atoms with van der Waals surface area (Å²) in [6.45, 7) is 1.52. The monoisotopic (exact) mass is 199 g/mol. The highest BCUT2D eigenvalue weighted by molar-refractivity contribution is 7.09. The Balaban J connectivity index is 1.99. The molecule has 72 valence electrons. The van der Waals surface area contributed by atoms with E-state index in [1.54, 1.807) is 11.7 Å². The zero-order valence-electron chi connectivity index (χ0n) is 7.35. The van der Waals surface area contributed by atoms with E-state index in [-0.39, 0.29) is 12.0 Å². The van der Waals surface area contributed by atoms with E-state index in [1.165, 1.54) is 11.3 Å². The van der Waals surface area contributed by atoms with Crippen LogP contribution in [0.4, 0.5) is 0 Å². The Kier molecular flexibility index (Phi) is 2.93. The minimum absolute atomic E-state index is 0.259. The maximum Gasteiger partial charge on any atom is 0.0948 e. The number of hydrogen-bond donors (Lipinski definition) is 1. The summed E-state index contributed by atoms with van der Waals surface area (Å²) in [5.41, 5.74) is 1.75. The Hall–Kier alpha value is -0.450. The second kappa shape index (κ2) is 4.17. The molecule has 4 heteroatoms. The molecule has 0 aliphatic carbocycles. The van der Waals surface area contributed by atoms with Gasteiger partial charge in [0.15, 0.2) is 0 Å². The van der Waals surface area contributed by atoms with Gasteiger partial charge in [0.2, 0.25) is 0 Å². The van der Waals surface area contributed by atoms with Crippen LogP contribution in [0, 0.1) is 5.92 Å². The SMILES string of the molecule is OC(c1cncs1)C1CCCOC1. The van der Waals surface area contributed by atoms with Crippen molar-refractivity contribution in [3.05, 3.63) is 16.6 Å². The normalized spacial score (nSPS) is 25.8. The predicted molar refractivity (Wildman–Crippen MR) is 50.6 cm³/mol. The summed E-state index contributed by atoms with van der Waals surface area (Å²) in [4.78, 5) is 4.91. The fourth-order valence-electron chi connectivity index (χ4n) is 1.62. The molecule has 0 amide bonds. The van der Waals surface area contributed by atoms with Crippen molar-refractivity contribution >= 4 is 11.3 Å². The number of nitrogens with zero attached hydrogens (tertiary/aromatic N) is 1. The molecule has 1 aromatic heterocycles. The summed E-state index contributed by atoms with van der Waals surface area (Å²) in [6, 6.07) is 0. The molecule has 1 aromatic rings. The van der Waals surface area contributed by atoms with Gasteiger partial charge < -0.3 is 9.84 Å². The van der Waals surface area contributed by atoms with Crippen molar-refractivity contribution in [2.75, 3.05) is 13.2 Å². The van der Waals surface area contributed by atoms with Gasteiger partial charge in [0, 0.05) is 18.7 Å². The predicted octanol–water partition coefficient (Wildman–Crippen LogP) is 1.60. The molecular weight excluding hydrogens is 186 g/mol. The van der Waals surface area contributed by atoms with E-state index in [0.717, 1.165) is 24.3 Å². The number of rotatable bonds is 2. The van der Waals surface area contributed by atoms with Crippen LogP contribution in [0.5, 0.6) is 0 Å². The molecule has 0 saturated carbocycles. The van der Waals surface area contributed by atoms with E-state index in [1.807, 2.05) is 0 Å². The van der Waals surface area contributed by atoms with Crippen molar-refractivity contribution in [3.63, 3.8) is 0 Å². The van der Waals surface area contributed by atoms with E-state index in [4.69, 9.17) is 4.74 Å². The van der Waals surface area contributed by atoms with Gasteiger partial charge >= 0.3 is 0 Å². The van der Waals surface area contributed by atoms with Crippen LogP contribution >= 0.6 is 11.3 Å². The second-order valence-electron chi connectivity index (χ2n) is 3.33. The zero-order chi connectivity index (χ0) is 9.10. The molecule has 0 bridgehead atoms. The Bertz CT molecular complexity index is 244. The first kappa shape index (κ1) is 9.12. The third kappa shape index (κ3) is 2.07. The second-order valence-corrected chi connectivity index (χ2v) is 4.24. The zero-order valence-corrected chi connectivity index (χ0v) is 8.17. The van der Waals surface area contributed by atoms with Crippen LogP contribution in [0.2, 0.25) is 0 Å². The summed E-state index contributed by atoms with van der Waals surface area (Å²) in [6.07, 6.45) is 3.47.